The topological polar surface area (TPSA) is 69.7 Å². The fourth-order valence-electron chi connectivity index (χ4n) is 2.84. The lowest BCUT2D eigenvalue weighted by atomic mass is 10.1. The molecular weight excluding hydrogens is 313 g/mol. The maximum Gasteiger partial charge on any atom is 0.244 e. The fourth-order valence-corrected chi connectivity index (χ4v) is 2.84. The van der Waals surface area contributed by atoms with Crippen LogP contribution in [0.4, 0.5) is 4.39 Å². The maximum atomic E-state index is 12.9. The van der Waals surface area contributed by atoms with Crippen LogP contribution in [-0.4, -0.2) is 60.2 Å². The number of aryl methyl sites for hydroxylation is 1. The average Bonchev–Trinajstić information content (AvgIpc) is 2.59. The molecule has 1 heterocycles. The van der Waals surface area contributed by atoms with E-state index in [-0.39, 0.29) is 36.5 Å². The average molecular weight is 335 g/mol. The highest BCUT2D eigenvalue weighted by molar-refractivity contribution is 5.88. The molecule has 1 aromatic carbocycles. The summed E-state index contributed by atoms with van der Waals surface area (Å²) in [6, 6.07) is 5.39. The monoisotopic (exact) mass is 335 g/mol. The minimum atomic E-state index is -0.656. The number of likely N-dealkylation sites (N-methyl/N-ethyl adjacent to an activating group) is 1. The Hall–Kier alpha value is -2.44. The second-order valence-corrected chi connectivity index (χ2v) is 5.81. The summed E-state index contributed by atoms with van der Waals surface area (Å²) in [5.74, 6) is -0.835. The van der Waals surface area contributed by atoms with E-state index in [1.807, 2.05) is 0 Å². The SMILES string of the molecule is CNC(=O)[C@H]1CN(C(=O)CCc2ccc(F)cc2)CCN1C(C)=O. The molecule has 1 aromatic rings. The van der Waals surface area contributed by atoms with E-state index in [1.165, 1.54) is 31.0 Å². The highest BCUT2D eigenvalue weighted by Gasteiger charge is 2.34. The number of carbonyl (C=O) groups is 3. The van der Waals surface area contributed by atoms with Gasteiger partial charge >= 0.3 is 0 Å². The zero-order chi connectivity index (χ0) is 17.7. The zero-order valence-corrected chi connectivity index (χ0v) is 13.9. The maximum absolute atomic E-state index is 12.9. The second kappa shape index (κ2) is 7.90. The van der Waals surface area contributed by atoms with Gasteiger partial charge in [0.2, 0.25) is 17.7 Å². The summed E-state index contributed by atoms with van der Waals surface area (Å²) >= 11 is 0. The third-order valence-electron chi connectivity index (χ3n) is 4.23. The largest absolute Gasteiger partial charge is 0.357 e. The summed E-state index contributed by atoms with van der Waals surface area (Å²) in [6.45, 7) is 2.37. The molecule has 0 saturated carbocycles. The quantitative estimate of drug-likeness (QED) is 0.874. The van der Waals surface area contributed by atoms with E-state index in [9.17, 15) is 18.8 Å². The van der Waals surface area contributed by atoms with Crippen molar-refractivity contribution in [3.05, 3.63) is 35.6 Å². The lowest BCUT2D eigenvalue weighted by Crippen LogP contribution is -2.60. The summed E-state index contributed by atoms with van der Waals surface area (Å²) in [5.41, 5.74) is 0.884. The lowest BCUT2D eigenvalue weighted by Gasteiger charge is -2.40. The number of hydrogen-bond acceptors (Lipinski definition) is 3. The van der Waals surface area contributed by atoms with Crippen LogP contribution in [0, 0.1) is 5.82 Å². The number of nitrogens with zero attached hydrogens (tertiary/aromatic N) is 2. The van der Waals surface area contributed by atoms with Crippen molar-refractivity contribution in [2.45, 2.75) is 25.8 Å². The lowest BCUT2D eigenvalue weighted by molar-refractivity contribution is -0.147. The van der Waals surface area contributed by atoms with Crippen LogP contribution in [-0.2, 0) is 20.8 Å². The van der Waals surface area contributed by atoms with Crippen LogP contribution in [0.2, 0.25) is 0 Å². The van der Waals surface area contributed by atoms with Crippen molar-refractivity contribution in [1.82, 2.24) is 15.1 Å². The van der Waals surface area contributed by atoms with E-state index >= 15 is 0 Å². The van der Waals surface area contributed by atoms with Crippen LogP contribution in [0.3, 0.4) is 0 Å². The highest BCUT2D eigenvalue weighted by Crippen LogP contribution is 2.13. The van der Waals surface area contributed by atoms with Crippen LogP contribution in [0.5, 0.6) is 0 Å². The van der Waals surface area contributed by atoms with Crippen LogP contribution in [0.15, 0.2) is 24.3 Å². The van der Waals surface area contributed by atoms with Crippen molar-refractivity contribution >= 4 is 17.7 Å². The first-order valence-electron chi connectivity index (χ1n) is 7.93. The zero-order valence-electron chi connectivity index (χ0n) is 13.9. The van der Waals surface area contributed by atoms with Crippen molar-refractivity contribution in [2.24, 2.45) is 0 Å². The normalized spacial score (nSPS) is 17.5. The van der Waals surface area contributed by atoms with Gasteiger partial charge in [0.25, 0.3) is 0 Å². The Bertz CT molecular complexity index is 618. The molecule has 1 N–H and O–H groups in total. The van der Waals surface area contributed by atoms with Gasteiger partial charge in [0, 0.05) is 33.5 Å². The molecule has 1 aliphatic heterocycles. The van der Waals surface area contributed by atoms with Crippen molar-refractivity contribution < 1.29 is 18.8 Å². The molecule has 6 nitrogen and oxygen atoms in total. The molecule has 0 unspecified atom stereocenters. The molecule has 1 fully saturated rings. The summed E-state index contributed by atoms with van der Waals surface area (Å²) in [6.07, 6.45) is 0.794. The summed E-state index contributed by atoms with van der Waals surface area (Å²) in [4.78, 5) is 39.1. The Morgan fingerprint density at radius 1 is 1.21 bits per heavy atom. The van der Waals surface area contributed by atoms with Gasteiger partial charge in [0.05, 0.1) is 6.54 Å². The number of halogens is 1. The van der Waals surface area contributed by atoms with Crippen molar-refractivity contribution in [2.75, 3.05) is 26.7 Å². The number of benzene rings is 1. The number of rotatable bonds is 4. The minimum absolute atomic E-state index is 0.0727. The van der Waals surface area contributed by atoms with Gasteiger partial charge in [-0.15, -0.1) is 0 Å². The molecule has 0 aliphatic carbocycles. The standard InChI is InChI=1S/C17H22FN3O3/c1-12(22)21-10-9-20(11-15(21)17(24)19-2)16(23)8-5-13-3-6-14(18)7-4-13/h3-4,6-7,15H,5,8-11H2,1-2H3,(H,19,24)/t15-/m1/s1. The third kappa shape index (κ3) is 4.31. The molecule has 1 saturated heterocycles. The van der Waals surface area contributed by atoms with E-state index in [0.29, 0.717) is 19.5 Å². The van der Waals surface area contributed by atoms with Gasteiger partial charge in [-0.3, -0.25) is 14.4 Å². The van der Waals surface area contributed by atoms with E-state index in [0.717, 1.165) is 5.56 Å². The van der Waals surface area contributed by atoms with Crippen molar-refractivity contribution in [3.8, 4) is 0 Å². The van der Waals surface area contributed by atoms with Crippen LogP contribution < -0.4 is 5.32 Å². The first-order chi connectivity index (χ1) is 11.4. The number of nitrogens with one attached hydrogen (secondary N) is 1. The third-order valence-corrected chi connectivity index (χ3v) is 4.23. The molecule has 7 heteroatoms. The molecule has 0 bridgehead atoms. The Morgan fingerprint density at radius 3 is 2.46 bits per heavy atom. The Morgan fingerprint density at radius 2 is 1.88 bits per heavy atom. The van der Waals surface area contributed by atoms with E-state index in [1.54, 1.807) is 17.0 Å². The predicted octanol–water partition coefficient (Wildman–Crippen LogP) is 0.564. The molecule has 1 aliphatic rings. The van der Waals surface area contributed by atoms with Gasteiger partial charge in [0.15, 0.2) is 0 Å². The van der Waals surface area contributed by atoms with E-state index in [4.69, 9.17) is 0 Å². The van der Waals surface area contributed by atoms with Gasteiger partial charge in [-0.2, -0.15) is 0 Å². The second-order valence-electron chi connectivity index (χ2n) is 5.81. The number of piperazine rings is 1. The number of carbonyl (C=O) groups excluding carboxylic acids is 3. The summed E-state index contributed by atoms with van der Waals surface area (Å²) < 4.78 is 12.9. The molecular formula is C17H22FN3O3. The first-order valence-corrected chi connectivity index (χ1v) is 7.93. The first kappa shape index (κ1) is 17.9. The molecule has 130 valence electrons. The van der Waals surface area contributed by atoms with Crippen molar-refractivity contribution in [1.29, 1.82) is 0 Å². The molecule has 0 aromatic heterocycles. The number of amides is 3. The summed E-state index contributed by atoms with van der Waals surface area (Å²) in [7, 11) is 1.51. The Kier molecular flexibility index (Phi) is 5.89. The highest BCUT2D eigenvalue weighted by atomic mass is 19.1. The molecule has 3 amide bonds. The molecule has 1 atom stereocenters. The predicted molar refractivity (Wildman–Crippen MR) is 86.5 cm³/mol. The van der Waals surface area contributed by atoms with E-state index < -0.39 is 6.04 Å². The van der Waals surface area contributed by atoms with Gasteiger partial charge in [-0.1, -0.05) is 12.1 Å². The van der Waals surface area contributed by atoms with Gasteiger partial charge in [0.1, 0.15) is 11.9 Å². The Labute approximate surface area is 140 Å². The van der Waals surface area contributed by atoms with Crippen LogP contribution in [0.1, 0.15) is 18.9 Å². The minimum Gasteiger partial charge on any atom is -0.357 e. The van der Waals surface area contributed by atoms with Crippen LogP contribution in [0.25, 0.3) is 0 Å². The fraction of sp³-hybridized carbons (Fsp3) is 0.471. The molecule has 2 rings (SSSR count). The van der Waals surface area contributed by atoms with Crippen molar-refractivity contribution in [3.63, 3.8) is 0 Å². The molecule has 24 heavy (non-hydrogen) atoms. The number of hydrogen-bond donors (Lipinski definition) is 1. The van der Waals surface area contributed by atoms with Gasteiger partial charge in [-0.05, 0) is 24.1 Å². The van der Waals surface area contributed by atoms with Gasteiger partial charge in [-0.25, -0.2) is 4.39 Å². The smallest absolute Gasteiger partial charge is 0.244 e. The van der Waals surface area contributed by atoms with Crippen LogP contribution >= 0.6 is 0 Å². The Balaban J connectivity index is 1.96. The van der Waals surface area contributed by atoms with E-state index in [2.05, 4.69) is 5.32 Å². The molecule has 0 spiro atoms. The van der Waals surface area contributed by atoms with Gasteiger partial charge < -0.3 is 15.1 Å². The molecule has 0 radical (unpaired) electrons. The summed E-state index contributed by atoms with van der Waals surface area (Å²) in [5, 5.41) is 2.54.